The minimum atomic E-state index is -2.72. The number of aromatic nitrogens is 1. The fraction of sp³-hybridized carbons (Fsp3) is 0.667. The Hall–Kier alpha value is -2.45. The predicted octanol–water partition coefficient (Wildman–Crippen LogP) is 2.65. The first-order valence-corrected chi connectivity index (χ1v) is 10.2. The van der Waals surface area contributed by atoms with E-state index in [2.05, 4.69) is 4.98 Å². The maximum Gasteiger partial charge on any atom is 0.282 e. The minimum Gasteiger partial charge on any atom is -0.476 e. The quantitative estimate of drug-likeness (QED) is 0.673. The van der Waals surface area contributed by atoms with E-state index in [1.807, 2.05) is 20.8 Å². The lowest BCUT2D eigenvalue weighted by atomic mass is 10.0. The highest BCUT2D eigenvalue weighted by atomic mass is 19.3. The van der Waals surface area contributed by atoms with Crippen LogP contribution < -0.4 is 9.64 Å². The molecule has 2 aliphatic rings. The largest absolute Gasteiger partial charge is 0.476 e. The molecule has 166 valence electrons. The Labute approximate surface area is 176 Å². The summed E-state index contributed by atoms with van der Waals surface area (Å²) in [4.78, 5) is 34.2. The van der Waals surface area contributed by atoms with E-state index in [9.17, 15) is 18.4 Å². The van der Waals surface area contributed by atoms with Crippen LogP contribution in [0.4, 0.5) is 14.5 Å². The average molecular weight is 424 g/mol. The maximum absolute atomic E-state index is 13.4. The third kappa shape index (κ3) is 5.17. The molecule has 7 nitrogen and oxygen atoms in total. The topological polar surface area (TPSA) is 66.0 Å². The van der Waals surface area contributed by atoms with Crippen LogP contribution in [0.5, 0.6) is 5.88 Å². The van der Waals surface area contributed by atoms with Crippen LogP contribution in [0.3, 0.4) is 0 Å². The van der Waals surface area contributed by atoms with Crippen LogP contribution in [-0.2, 0) is 4.79 Å². The van der Waals surface area contributed by atoms with Gasteiger partial charge in [0, 0.05) is 19.6 Å². The van der Waals surface area contributed by atoms with Crippen molar-refractivity contribution in [3.63, 3.8) is 0 Å². The summed E-state index contributed by atoms with van der Waals surface area (Å²) in [5, 5.41) is 0. The summed E-state index contributed by atoms with van der Waals surface area (Å²) < 4.78 is 32.5. The Balaban J connectivity index is 1.86. The SMILES string of the molecule is CN(C)C(=O)CN(C(=O)c1ccc(N2CC(F)(F)C2)c(OCC2CC2)n1)C(C)(C)C. The van der Waals surface area contributed by atoms with Crippen molar-refractivity contribution in [3.05, 3.63) is 17.8 Å². The summed E-state index contributed by atoms with van der Waals surface area (Å²) in [5.74, 6) is -2.70. The van der Waals surface area contributed by atoms with Crippen molar-refractivity contribution in [2.75, 3.05) is 45.2 Å². The Morgan fingerprint density at radius 1 is 1.23 bits per heavy atom. The van der Waals surface area contributed by atoms with Crippen LogP contribution in [0.1, 0.15) is 44.1 Å². The molecule has 2 heterocycles. The molecule has 1 aromatic heterocycles. The van der Waals surface area contributed by atoms with Crippen molar-refractivity contribution in [2.24, 2.45) is 5.92 Å². The summed E-state index contributed by atoms with van der Waals surface area (Å²) in [5.41, 5.74) is -0.0272. The number of alkyl halides is 2. The lowest BCUT2D eigenvalue weighted by Gasteiger charge is -2.40. The van der Waals surface area contributed by atoms with E-state index >= 15 is 0 Å². The van der Waals surface area contributed by atoms with Gasteiger partial charge in [-0.1, -0.05) is 0 Å². The lowest BCUT2D eigenvalue weighted by molar-refractivity contribution is -0.130. The van der Waals surface area contributed by atoms with Crippen LogP contribution in [0.15, 0.2) is 12.1 Å². The zero-order valence-electron chi connectivity index (χ0n) is 18.2. The summed E-state index contributed by atoms with van der Waals surface area (Å²) in [7, 11) is 3.26. The fourth-order valence-corrected chi connectivity index (χ4v) is 3.09. The molecule has 0 unspecified atom stereocenters. The number of carbonyl (C=O) groups excluding carboxylic acids is 2. The van der Waals surface area contributed by atoms with Gasteiger partial charge in [-0.3, -0.25) is 9.59 Å². The highest BCUT2D eigenvalue weighted by Gasteiger charge is 2.45. The summed E-state index contributed by atoms with van der Waals surface area (Å²) >= 11 is 0. The molecule has 3 rings (SSSR count). The molecule has 0 radical (unpaired) electrons. The van der Waals surface area contributed by atoms with Crippen molar-refractivity contribution in [2.45, 2.75) is 45.1 Å². The van der Waals surface area contributed by atoms with E-state index in [0.717, 1.165) is 12.8 Å². The molecule has 30 heavy (non-hydrogen) atoms. The molecule has 0 atom stereocenters. The van der Waals surface area contributed by atoms with Gasteiger partial charge in [-0.15, -0.1) is 0 Å². The number of rotatable bonds is 7. The number of hydrogen-bond acceptors (Lipinski definition) is 5. The predicted molar refractivity (Wildman–Crippen MR) is 109 cm³/mol. The monoisotopic (exact) mass is 424 g/mol. The molecule has 0 bridgehead atoms. The lowest BCUT2D eigenvalue weighted by Crippen LogP contribution is -2.56. The minimum absolute atomic E-state index is 0.0879. The number of nitrogens with zero attached hydrogens (tertiary/aromatic N) is 4. The molecular formula is C21H30F2N4O3. The molecule has 1 aromatic rings. The second kappa shape index (κ2) is 8.00. The number of pyridine rings is 1. The Kier molecular flexibility index (Phi) is 5.93. The van der Waals surface area contributed by atoms with Crippen molar-refractivity contribution in [1.29, 1.82) is 0 Å². The van der Waals surface area contributed by atoms with E-state index in [4.69, 9.17) is 4.74 Å². The zero-order chi connectivity index (χ0) is 22.3. The van der Waals surface area contributed by atoms with Gasteiger partial charge < -0.3 is 19.4 Å². The zero-order valence-corrected chi connectivity index (χ0v) is 18.2. The number of hydrogen-bond donors (Lipinski definition) is 0. The highest BCUT2D eigenvalue weighted by Crippen LogP contribution is 2.38. The molecule has 1 aliphatic heterocycles. The van der Waals surface area contributed by atoms with E-state index in [-0.39, 0.29) is 24.0 Å². The van der Waals surface area contributed by atoms with Crippen LogP contribution in [0.2, 0.25) is 0 Å². The Morgan fingerprint density at radius 2 is 1.87 bits per heavy atom. The molecular weight excluding hydrogens is 394 g/mol. The first-order valence-electron chi connectivity index (χ1n) is 10.2. The van der Waals surface area contributed by atoms with E-state index in [1.54, 1.807) is 20.2 Å². The van der Waals surface area contributed by atoms with Gasteiger partial charge in [-0.25, -0.2) is 13.8 Å². The second-order valence-corrected chi connectivity index (χ2v) is 9.34. The van der Waals surface area contributed by atoms with Crippen molar-refractivity contribution >= 4 is 17.5 Å². The molecule has 2 fully saturated rings. The van der Waals surface area contributed by atoms with Crippen LogP contribution in [-0.4, -0.2) is 78.4 Å². The smallest absolute Gasteiger partial charge is 0.282 e. The van der Waals surface area contributed by atoms with Gasteiger partial charge in [-0.05, 0) is 51.7 Å². The van der Waals surface area contributed by atoms with Gasteiger partial charge in [0.1, 0.15) is 17.9 Å². The summed E-state index contributed by atoms with van der Waals surface area (Å²) in [6.45, 7) is 5.10. The average Bonchev–Trinajstić information content (AvgIpc) is 3.44. The van der Waals surface area contributed by atoms with Crippen molar-refractivity contribution in [1.82, 2.24) is 14.8 Å². The molecule has 0 spiro atoms. The molecule has 0 N–H and O–H groups in total. The van der Waals surface area contributed by atoms with Gasteiger partial charge in [-0.2, -0.15) is 0 Å². The van der Waals surface area contributed by atoms with Gasteiger partial charge in [0.2, 0.25) is 11.8 Å². The van der Waals surface area contributed by atoms with Crippen LogP contribution in [0, 0.1) is 5.92 Å². The number of likely N-dealkylation sites (N-methyl/N-ethyl adjacent to an activating group) is 1. The van der Waals surface area contributed by atoms with Crippen LogP contribution >= 0.6 is 0 Å². The fourth-order valence-electron chi connectivity index (χ4n) is 3.09. The molecule has 9 heteroatoms. The number of halogens is 2. The van der Waals surface area contributed by atoms with E-state index in [1.165, 1.54) is 20.8 Å². The van der Waals surface area contributed by atoms with Crippen molar-refractivity contribution < 1.29 is 23.1 Å². The van der Waals surface area contributed by atoms with Gasteiger partial charge in [0.25, 0.3) is 11.8 Å². The molecule has 2 amide bonds. The van der Waals surface area contributed by atoms with E-state index < -0.39 is 30.5 Å². The van der Waals surface area contributed by atoms with Gasteiger partial charge in [0.15, 0.2) is 0 Å². The summed E-state index contributed by atoms with van der Waals surface area (Å²) in [6.07, 6.45) is 2.14. The first kappa shape index (κ1) is 22.2. The highest BCUT2D eigenvalue weighted by molar-refractivity contribution is 5.96. The van der Waals surface area contributed by atoms with Gasteiger partial charge in [0.05, 0.1) is 19.7 Å². The number of ether oxygens (including phenoxy) is 1. The van der Waals surface area contributed by atoms with Crippen molar-refractivity contribution in [3.8, 4) is 5.88 Å². The molecule has 0 aromatic carbocycles. The molecule has 1 saturated heterocycles. The third-order valence-electron chi connectivity index (χ3n) is 5.24. The molecule has 1 aliphatic carbocycles. The van der Waals surface area contributed by atoms with E-state index in [0.29, 0.717) is 18.2 Å². The first-order chi connectivity index (χ1) is 13.9. The normalized spacial score (nSPS) is 17.9. The second-order valence-electron chi connectivity index (χ2n) is 9.34. The Bertz CT molecular complexity index is 811. The molecule has 1 saturated carbocycles. The Morgan fingerprint density at radius 3 is 2.37 bits per heavy atom. The standard InChI is InChI=1S/C21H30F2N4O3/c1-20(2,3)27(10-17(28)25(4)5)19(29)15-8-9-16(26-12-21(22,23)13-26)18(24-15)30-11-14-6-7-14/h8-9,14H,6-7,10-13H2,1-5H3. The summed E-state index contributed by atoms with van der Waals surface area (Å²) in [6, 6.07) is 3.11. The maximum atomic E-state index is 13.4. The number of carbonyl (C=O) groups is 2. The third-order valence-corrected chi connectivity index (χ3v) is 5.24. The van der Waals surface area contributed by atoms with Gasteiger partial charge >= 0.3 is 0 Å². The van der Waals surface area contributed by atoms with Crippen LogP contribution in [0.25, 0.3) is 0 Å². The number of amides is 2. The number of anilines is 1.